The molecule has 0 saturated carbocycles. The number of para-hydroxylation sites is 1. The van der Waals surface area contributed by atoms with Gasteiger partial charge in [-0.25, -0.2) is 0 Å². The Bertz CT molecular complexity index is 945. The monoisotopic (exact) mass is 346 g/mol. The minimum Gasteiger partial charge on any atom is -0.467 e. The molecule has 1 aliphatic rings. The number of anilines is 2. The molecule has 1 unspecified atom stereocenters. The van der Waals surface area contributed by atoms with Crippen LogP contribution in [0.2, 0.25) is 0 Å². The van der Waals surface area contributed by atoms with Gasteiger partial charge >= 0.3 is 0 Å². The van der Waals surface area contributed by atoms with Gasteiger partial charge in [0.05, 0.1) is 18.4 Å². The Morgan fingerprint density at radius 2 is 2.04 bits per heavy atom. The Balaban J connectivity index is 1.55. The summed E-state index contributed by atoms with van der Waals surface area (Å²) >= 11 is 0. The van der Waals surface area contributed by atoms with Crippen LogP contribution in [0.5, 0.6) is 0 Å². The highest BCUT2D eigenvalue weighted by Crippen LogP contribution is 2.33. The van der Waals surface area contributed by atoms with Gasteiger partial charge in [-0.2, -0.15) is 0 Å². The fourth-order valence-electron chi connectivity index (χ4n) is 3.61. The van der Waals surface area contributed by atoms with Gasteiger partial charge in [-0.05, 0) is 55.7 Å². The highest BCUT2D eigenvalue weighted by atomic mass is 16.3. The van der Waals surface area contributed by atoms with Crippen molar-refractivity contribution in [3.63, 3.8) is 0 Å². The smallest absolute Gasteiger partial charge is 0.259 e. The third-order valence-corrected chi connectivity index (χ3v) is 4.93. The quantitative estimate of drug-likeness (QED) is 0.739. The molecule has 0 fully saturated rings. The lowest BCUT2D eigenvalue weighted by molar-refractivity contribution is 0.102. The lowest BCUT2D eigenvalue weighted by Crippen LogP contribution is -2.29. The Hall–Kier alpha value is -3.01. The minimum absolute atomic E-state index is 0.139. The van der Waals surface area contributed by atoms with E-state index in [2.05, 4.69) is 41.4 Å². The molecule has 4 heteroatoms. The van der Waals surface area contributed by atoms with Crippen LogP contribution in [0.4, 0.5) is 11.4 Å². The van der Waals surface area contributed by atoms with Crippen molar-refractivity contribution in [2.75, 3.05) is 10.2 Å². The largest absolute Gasteiger partial charge is 0.467 e. The molecule has 4 rings (SSSR count). The number of hydrogen-bond donors (Lipinski definition) is 1. The maximum absolute atomic E-state index is 12.7. The van der Waals surface area contributed by atoms with Gasteiger partial charge in [-0.15, -0.1) is 0 Å². The van der Waals surface area contributed by atoms with E-state index in [9.17, 15) is 4.79 Å². The number of hydrogen-bond acceptors (Lipinski definition) is 3. The fourth-order valence-corrected chi connectivity index (χ4v) is 3.61. The topological polar surface area (TPSA) is 45.5 Å². The van der Waals surface area contributed by atoms with Gasteiger partial charge in [-0.3, -0.25) is 4.79 Å². The van der Waals surface area contributed by atoms with Crippen LogP contribution in [0.15, 0.2) is 65.3 Å². The number of amides is 1. The van der Waals surface area contributed by atoms with Gasteiger partial charge < -0.3 is 14.6 Å². The summed E-state index contributed by atoms with van der Waals surface area (Å²) < 4.78 is 5.67. The predicted octanol–water partition coefficient (Wildman–Crippen LogP) is 4.79. The average Bonchev–Trinajstić information content (AvgIpc) is 3.20. The number of carbonyl (C=O) groups is 1. The van der Waals surface area contributed by atoms with E-state index in [4.69, 9.17) is 4.42 Å². The Labute approximate surface area is 153 Å². The number of fused-ring (bicyclic) bond motifs is 1. The molecule has 0 bridgehead atoms. The highest BCUT2D eigenvalue weighted by molar-refractivity contribution is 6.05. The Kier molecular flexibility index (Phi) is 4.25. The number of carbonyl (C=O) groups excluding carboxylic acids is 1. The molecule has 0 aliphatic carbocycles. The molecule has 3 aromatic rings. The first-order chi connectivity index (χ1) is 12.6. The van der Waals surface area contributed by atoms with E-state index in [1.54, 1.807) is 12.3 Å². The van der Waals surface area contributed by atoms with Crippen molar-refractivity contribution in [2.24, 2.45) is 0 Å². The molecule has 0 saturated heterocycles. The Morgan fingerprint density at radius 1 is 1.19 bits per heavy atom. The fraction of sp³-hybridized carbons (Fsp3) is 0.227. The highest BCUT2D eigenvalue weighted by Gasteiger charge is 2.28. The standard InChI is InChI=1S/C22H22N2O2/c1-15-6-5-8-18(12-15)23-22(25)19-10-11-26-21(19)14-24-16(2)13-17-7-3-4-9-20(17)24/h3-12,16H,13-14H2,1-2H3,(H,23,25). The molecule has 4 nitrogen and oxygen atoms in total. The molecule has 132 valence electrons. The molecule has 1 N–H and O–H groups in total. The predicted molar refractivity (Wildman–Crippen MR) is 104 cm³/mol. The van der Waals surface area contributed by atoms with Crippen LogP contribution < -0.4 is 10.2 Å². The van der Waals surface area contributed by atoms with Crippen molar-refractivity contribution in [1.29, 1.82) is 0 Å². The lowest BCUT2D eigenvalue weighted by Gasteiger charge is -2.24. The zero-order valence-corrected chi connectivity index (χ0v) is 15.0. The molecular weight excluding hydrogens is 324 g/mol. The molecule has 26 heavy (non-hydrogen) atoms. The number of nitrogens with one attached hydrogen (secondary N) is 1. The van der Waals surface area contributed by atoms with Gasteiger partial charge in [0.15, 0.2) is 0 Å². The normalized spacial score (nSPS) is 15.8. The molecule has 1 aliphatic heterocycles. The van der Waals surface area contributed by atoms with E-state index >= 15 is 0 Å². The number of rotatable bonds is 4. The van der Waals surface area contributed by atoms with E-state index in [1.165, 1.54) is 11.3 Å². The second kappa shape index (κ2) is 6.71. The zero-order chi connectivity index (χ0) is 18.1. The Morgan fingerprint density at radius 3 is 2.88 bits per heavy atom. The summed E-state index contributed by atoms with van der Waals surface area (Å²) in [5, 5.41) is 2.96. The second-order valence-electron chi connectivity index (χ2n) is 6.89. The lowest BCUT2D eigenvalue weighted by atomic mass is 10.1. The first-order valence-corrected chi connectivity index (χ1v) is 8.91. The molecule has 0 spiro atoms. The summed E-state index contributed by atoms with van der Waals surface area (Å²) in [7, 11) is 0. The van der Waals surface area contributed by atoms with Crippen molar-refractivity contribution in [2.45, 2.75) is 32.9 Å². The van der Waals surface area contributed by atoms with Crippen molar-refractivity contribution < 1.29 is 9.21 Å². The van der Waals surface area contributed by atoms with Crippen LogP contribution in [-0.4, -0.2) is 11.9 Å². The van der Waals surface area contributed by atoms with E-state index in [0.29, 0.717) is 23.9 Å². The summed E-state index contributed by atoms with van der Waals surface area (Å²) in [5.41, 5.74) is 5.06. The third-order valence-electron chi connectivity index (χ3n) is 4.93. The van der Waals surface area contributed by atoms with Gasteiger partial charge in [0.2, 0.25) is 0 Å². The van der Waals surface area contributed by atoms with Gasteiger partial charge in [-0.1, -0.05) is 30.3 Å². The van der Waals surface area contributed by atoms with Gasteiger partial charge in [0, 0.05) is 17.4 Å². The van der Waals surface area contributed by atoms with Crippen LogP contribution in [0.1, 0.15) is 34.2 Å². The number of aryl methyl sites for hydroxylation is 1. The molecule has 1 amide bonds. The van der Waals surface area contributed by atoms with Crippen LogP contribution in [-0.2, 0) is 13.0 Å². The van der Waals surface area contributed by atoms with E-state index in [0.717, 1.165) is 17.7 Å². The molecule has 1 atom stereocenters. The summed E-state index contributed by atoms with van der Waals surface area (Å²) in [6.45, 7) is 4.79. The second-order valence-corrected chi connectivity index (χ2v) is 6.89. The van der Waals surface area contributed by atoms with Crippen molar-refractivity contribution in [1.82, 2.24) is 0 Å². The van der Waals surface area contributed by atoms with Crippen LogP contribution in [0.25, 0.3) is 0 Å². The maximum atomic E-state index is 12.7. The molecule has 2 heterocycles. The molecular formula is C22H22N2O2. The minimum atomic E-state index is -0.139. The van der Waals surface area contributed by atoms with Crippen LogP contribution in [0, 0.1) is 6.92 Å². The van der Waals surface area contributed by atoms with Gasteiger partial charge in [0.25, 0.3) is 5.91 Å². The zero-order valence-electron chi connectivity index (χ0n) is 15.0. The van der Waals surface area contributed by atoms with Crippen LogP contribution in [0.3, 0.4) is 0 Å². The van der Waals surface area contributed by atoms with Crippen molar-refractivity contribution in [3.05, 3.63) is 83.3 Å². The molecule has 1 aromatic heterocycles. The third kappa shape index (κ3) is 3.10. The SMILES string of the molecule is Cc1cccc(NC(=O)c2ccoc2CN2c3ccccc3CC2C)c1. The van der Waals surface area contributed by atoms with Crippen LogP contribution >= 0.6 is 0 Å². The first kappa shape index (κ1) is 16.5. The summed E-state index contributed by atoms with van der Waals surface area (Å²) in [5.74, 6) is 0.554. The van der Waals surface area contributed by atoms with Crippen molar-refractivity contribution >= 4 is 17.3 Å². The molecule has 0 radical (unpaired) electrons. The number of nitrogens with zero attached hydrogens (tertiary/aromatic N) is 1. The number of furan rings is 1. The van der Waals surface area contributed by atoms with E-state index < -0.39 is 0 Å². The maximum Gasteiger partial charge on any atom is 0.259 e. The summed E-state index contributed by atoms with van der Waals surface area (Å²) in [6, 6.07) is 18.3. The van der Waals surface area contributed by atoms with E-state index in [1.807, 2.05) is 31.2 Å². The summed E-state index contributed by atoms with van der Waals surface area (Å²) in [6.07, 6.45) is 2.61. The first-order valence-electron chi connectivity index (χ1n) is 8.91. The van der Waals surface area contributed by atoms with E-state index in [-0.39, 0.29) is 5.91 Å². The summed E-state index contributed by atoms with van der Waals surface area (Å²) in [4.78, 5) is 15.0. The number of benzene rings is 2. The average molecular weight is 346 g/mol. The van der Waals surface area contributed by atoms with Crippen molar-refractivity contribution in [3.8, 4) is 0 Å². The van der Waals surface area contributed by atoms with Gasteiger partial charge in [0.1, 0.15) is 5.76 Å². The molecule has 2 aromatic carbocycles.